The van der Waals surface area contributed by atoms with Gasteiger partial charge in [0.2, 0.25) is 5.13 Å². The van der Waals surface area contributed by atoms with Crippen LogP contribution in [0.3, 0.4) is 0 Å². The lowest BCUT2D eigenvalue weighted by Crippen LogP contribution is -2.36. The zero-order valence-electron chi connectivity index (χ0n) is 11.9. The summed E-state index contributed by atoms with van der Waals surface area (Å²) >= 11 is 8.99. The summed E-state index contributed by atoms with van der Waals surface area (Å²) in [6, 6.07) is 6.13. The summed E-state index contributed by atoms with van der Waals surface area (Å²) in [5, 5.41) is 8.92. The first-order valence-electron chi connectivity index (χ1n) is 6.11. The average Bonchev–Trinajstić information content (AvgIpc) is 3.01. The maximum absolute atomic E-state index is 11.3. The first-order chi connectivity index (χ1) is 9.99. The Morgan fingerprint density at radius 3 is 2.43 bits per heavy atom. The zero-order chi connectivity index (χ0) is 15.4. The van der Waals surface area contributed by atoms with Crippen molar-refractivity contribution in [3.8, 4) is 0 Å². The van der Waals surface area contributed by atoms with E-state index in [1.54, 1.807) is 26.7 Å². The van der Waals surface area contributed by atoms with Gasteiger partial charge in [-0.3, -0.25) is 4.90 Å². The molecule has 0 saturated carbocycles. The van der Waals surface area contributed by atoms with Crippen LogP contribution in [0.5, 0.6) is 0 Å². The van der Waals surface area contributed by atoms with Crippen molar-refractivity contribution in [3.05, 3.63) is 34.3 Å². The van der Waals surface area contributed by atoms with Gasteiger partial charge in [0.1, 0.15) is 5.51 Å². The molecule has 8 heteroatoms. The number of anilines is 1. The number of halogens is 1. The first kappa shape index (κ1) is 16.1. The largest absolute Gasteiger partial charge is 0.330 e. The van der Waals surface area contributed by atoms with Crippen molar-refractivity contribution in [2.75, 3.05) is 26.0 Å². The van der Waals surface area contributed by atoms with E-state index in [1.165, 1.54) is 31.6 Å². The molecule has 0 atom stereocenters. The minimum Gasteiger partial charge on any atom is -0.330 e. The molecule has 112 valence electrons. The molecule has 0 radical (unpaired) electrons. The molecule has 4 rings (SSSR count). The average molecular weight is 343 g/mol. The summed E-state index contributed by atoms with van der Waals surface area (Å²) in [5.41, 5.74) is 2.93. The molecule has 0 fully saturated rings. The number of urea groups is 1. The number of hydrogen-bond donors (Lipinski definition) is 0. The molecule has 1 aromatic carbocycles. The number of hydrogen-bond acceptors (Lipinski definition) is 5. The molecule has 0 saturated heterocycles. The number of aromatic nitrogens is 2. The summed E-state index contributed by atoms with van der Waals surface area (Å²) in [5.74, 6) is 1.10. The highest BCUT2D eigenvalue weighted by Gasteiger charge is 2.14. The van der Waals surface area contributed by atoms with E-state index >= 15 is 0 Å². The lowest BCUT2D eigenvalue weighted by atomic mass is 10.2. The quantitative estimate of drug-likeness (QED) is 0.794. The molecule has 0 aliphatic carbocycles. The molecule has 2 amide bonds. The van der Waals surface area contributed by atoms with Crippen LogP contribution in [0.1, 0.15) is 5.56 Å². The van der Waals surface area contributed by atoms with Crippen molar-refractivity contribution in [2.24, 2.45) is 0 Å². The molecule has 2 aliphatic rings. The minimum atomic E-state index is -0.105. The second kappa shape index (κ2) is 7.11. The second-order valence-corrected chi connectivity index (χ2v) is 6.75. The maximum atomic E-state index is 11.3. The van der Waals surface area contributed by atoms with E-state index in [0.29, 0.717) is 5.13 Å². The fourth-order valence-electron chi connectivity index (χ4n) is 1.61. The van der Waals surface area contributed by atoms with Crippen LogP contribution in [-0.2, 0) is 5.75 Å². The Labute approximate surface area is 136 Å². The molecule has 0 N–H and O–H groups in total. The van der Waals surface area contributed by atoms with Crippen molar-refractivity contribution in [1.82, 2.24) is 15.1 Å². The molecule has 21 heavy (non-hydrogen) atoms. The Morgan fingerprint density at radius 1 is 1.33 bits per heavy atom. The normalized spacial score (nSPS) is 11.6. The second-order valence-electron chi connectivity index (χ2n) is 4.51. The molecular formula is C13H15ClN4OS2. The number of benzene rings is 1. The summed E-state index contributed by atoms with van der Waals surface area (Å²) < 4.78 is 0. The van der Waals surface area contributed by atoms with Gasteiger partial charge in [-0.05, 0) is 17.7 Å². The van der Waals surface area contributed by atoms with Gasteiger partial charge in [-0.15, -0.1) is 22.0 Å². The van der Waals surface area contributed by atoms with E-state index in [1.807, 2.05) is 17.8 Å². The lowest BCUT2D eigenvalue weighted by Gasteiger charge is -2.18. The Bertz CT molecular complexity index is 619. The van der Waals surface area contributed by atoms with Crippen molar-refractivity contribution in [1.29, 1.82) is 0 Å². The Hall–Kier alpha value is -1.31. The van der Waals surface area contributed by atoms with Crippen LogP contribution in [0.2, 0.25) is 5.02 Å². The first-order valence-corrected chi connectivity index (χ1v) is 8.35. The molecule has 2 aliphatic heterocycles. The third-order valence-electron chi connectivity index (χ3n) is 2.70. The monoisotopic (exact) mass is 342 g/mol. The molecular weight excluding hydrogens is 328 g/mol. The lowest BCUT2D eigenvalue weighted by molar-refractivity contribution is 0.225. The van der Waals surface area contributed by atoms with Crippen LogP contribution in [0.15, 0.2) is 28.6 Å². The maximum Gasteiger partial charge on any atom is 0.325 e. The Balaban J connectivity index is 0.000000159. The van der Waals surface area contributed by atoms with Crippen LogP contribution in [0.25, 0.3) is 0 Å². The third kappa shape index (κ3) is 4.09. The van der Waals surface area contributed by atoms with Crippen LogP contribution < -0.4 is 4.90 Å². The topological polar surface area (TPSA) is 49.3 Å². The number of fused-ring (bicyclic) bond motifs is 3. The van der Waals surface area contributed by atoms with E-state index < -0.39 is 0 Å². The van der Waals surface area contributed by atoms with Gasteiger partial charge in [0.25, 0.3) is 0 Å². The van der Waals surface area contributed by atoms with Gasteiger partial charge in [-0.1, -0.05) is 29.0 Å². The third-order valence-corrected chi connectivity index (χ3v) is 5.03. The van der Waals surface area contributed by atoms with E-state index in [-0.39, 0.29) is 6.03 Å². The standard InChI is InChI=1S/C7H5ClS.C6H10N4OS/c8-6-3-5-1-2-7(6)9-4-5;1-9(2)6(11)10(3)5-8-7-4-12-5/h1-3H,4H2;4H,1-3H3. The molecule has 2 bridgehead atoms. The summed E-state index contributed by atoms with van der Waals surface area (Å²) in [6.45, 7) is 0. The molecule has 3 heterocycles. The van der Waals surface area contributed by atoms with Gasteiger partial charge < -0.3 is 4.90 Å². The van der Waals surface area contributed by atoms with Crippen molar-refractivity contribution in [3.63, 3.8) is 0 Å². The van der Waals surface area contributed by atoms with E-state index in [4.69, 9.17) is 11.6 Å². The van der Waals surface area contributed by atoms with Crippen LogP contribution in [0, 0.1) is 0 Å². The SMILES string of the molecule is CN(C)C(=O)N(C)c1nncs1.Clc1cc2ccc1SC2. The van der Waals surface area contributed by atoms with E-state index in [0.717, 1.165) is 10.8 Å². The van der Waals surface area contributed by atoms with Gasteiger partial charge in [-0.2, -0.15) is 0 Å². The summed E-state index contributed by atoms with van der Waals surface area (Å²) in [6.07, 6.45) is 0. The predicted octanol–water partition coefficient (Wildman–Crippen LogP) is 3.60. The number of carbonyl (C=O) groups is 1. The highest BCUT2D eigenvalue weighted by Crippen LogP contribution is 2.36. The molecule has 0 spiro atoms. The van der Waals surface area contributed by atoms with Gasteiger partial charge in [0.05, 0.1) is 5.02 Å². The number of thioether (sulfide) groups is 1. The number of rotatable bonds is 1. The highest BCUT2D eigenvalue weighted by molar-refractivity contribution is 7.98. The molecule has 1 aromatic heterocycles. The van der Waals surface area contributed by atoms with Crippen molar-refractivity contribution in [2.45, 2.75) is 10.6 Å². The Morgan fingerprint density at radius 2 is 2.10 bits per heavy atom. The van der Waals surface area contributed by atoms with Crippen molar-refractivity contribution < 1.29 is 4.79 Å². The van der Waals surface area contributed by atoms with Crippen LogP contribution in [0.4, 0.5) is 9.93 Å². The molecule has 5 nitrogen and oxygen atoms in total. The molecule has 2 aromatic rings. The fourth-order valence-corrected chi connectivity index (χ4v) is 3.36. The van der Waals surface area contributed by atoms with Crippen molar-refractivity contribution >= 4 is 45.9 Å². The number of carbonyl (C=O) groups excluding carboxylic acids is 1. The fraction of sp³-hybridized carbons (Fsp3) is 0.308. The van der Waals surface area contributed by atoms with Crippen LogP contribution >= 0.6 is 34.7 Å². The Kier molecular flexibility index (Phi) is 5.44. The number of amides is 2. The van der Waals surface area contributed by atoms with Gasteiger partial charge >= 0.3 is 6.03 Å². The minimum absolute atomic E-state index is 0.105. The summed E-state index contributed by atoms with van der Waals surface area (Å²) in [7, 11) is 5.06. The van der Waals surface area contributed by atoms with Gasteiger partial charge in [0, 0.05) is 31.8 Å². The number of nitrogens with zero attached hydrogens (tertiary/aromatic N) is 4. The van der Waals surface area contributed by atoms with E-state index in [9.17, 15) is 4.79 Å². The van der Waals surface area contributed by atoms with Gasteiger partial charge in [0.15, 0.2) is 0 Å². The highest BCUT2D eigenvalue weighted by atomic mass is 35.5. The zero-order valence-corrected chi connectivity index (χ0v) is 14.3. The smallest absolute Gasteiger partial charge is 0.325 e. The van der Waals surface area contributed by atoms with E-state index in [2.05, 4.69) is 22.3 Å². The van der Waals surface area contributed by atoms with Crippen LogP contribution in [-0.4, -0.2) is 42.3 Å². The predicted molar refractivity (Wildman–Crippen MR) is 88.4 cm³/mol. The molecule has 0 unspecified atom stereocenters. The van der Waals surface area contributed by atoms with Gasteiger partial charge in [-0.25, -0.2) is 4.79 Å². The summed E-state index contributed by atoms with van der Waals surface area (Å²) in [4.78, 5) is 15.5.